The van der Waals surface area contributed by atoms with Gasteiger partial charge in [0.2, 0.25) is 0 Å². The van der Waals surface area contributed by atoms with E-state index in [1.165, 1.54) is 0 Å². The lowest BCUT2D eigenvalue weighted by Gasteiger charge is -2.15. The molecule has 0 amide bonds. The maximum atomic E-state index is 8.75. The van der Waals surface area contributed by atoms with Gasteiger partial charge in [-0.2, -0.15) is 5.26 Å². The van der Waals surface area contributed by atoms with Crippen molar-refractivity contribution >= 4 is 0 Å². The van der Waals surface area contributed by atoms with Gasteiger partial charge in [0.15, 0.2) is 11.5 Å². The van der Waals surface area contributed by atoms with E-state index in [4.69, 9.17) is 14.7 Å². The van der Waals surface area contributed by atoms with Gasteiger partial charge in [-0.15, -0.1) is 0 Å². The Balaban J connectivity index is 3.43. The summed E-state index contributed by atoms with van der Waals surface area (Å²) < 4.78 is 10.6. The molecule has 1 rings (SSSR count). The molecule has 0 saturated heterocycles. The van der Waals surface area contributed by atoms with Crippen LogP contribution in [0.25, 0.3) is 0 Å². The van der Waals surface area contributed by atoms with Crippen LogP contribution in [0.2, 0.25) is 0 Å². The van der Waals surface area contributed by atoms with Gasteiger partial charge in [-0.25, -0.2) is 0 Å². The van der Waals surface area contributed by atoms with Gasteiger partial charge in [0.05, 0.1) is 26.7 Å². The number of nitriles is 1. The Labute approximate surface area is 90.2 Å². The fourth-order valence-electron chi connectivity index (χ4n) is 1.74. The molecule has 0 aliphatic heterocycles. The average Bonchev–Trinajstić information content (AvgIpc) is 2.21. The predicted molar refractivity (Wildman–Crippen MR) is 58.3 cm³/mol. The zero-order chi connectivity index (χ0) is 11.4. The molecular formula is C12H15NO2. The van der Waals surface area contributed by atoms with Gasteiger partial charge in [-0.1, -0.05) is 6.07 Å². The van der Waals surface area contributed by atoms with E-state index < -0.39 is 0 Å². The first-order chi connectivity index (χ1) is 7.15. The number of methoxy groups -OCH3 is 2. The maximum absolute atomic E-state index is 8.75. The van der Waals surface area contributed by atoms with Crippen LogP contribution in [0.15, 0.2) is 6.07 Å². The Kier molecular flexibility index (Phi) is 3.56. The average molecular weight is 205 g/mol. The fraction of sp³-hybridized carbons (Fsp3) is 0.417. The summed E-state index contributed by atoms with van der Waals surface area (Å²) in [6.07, 6.45) is 0.339. The lowest BCUT2D eigenvalue weighted by molar-refractivity contribution is 0.350. The van der Waals surface area contributed by atoms with Crippen LogP contribution >= 0.6 is 0 Å². The summed E-state index contributed by atoms with van der Waals surface area (Å²) in [4.78, 5) is 0. The highest BCUT2D eigenvalue weighted by molar-refractivity contribution is 5.55. The number of nitrogens with zero attached hydrogens (tertiary/aromatic N) is 1. The summed E-state index contributed by atoms with van der Waals surface area (Å²) in [5.74, 6) is 1.39. The van der Waals surface area contributed by atoms with E-state index >= 15 is 0 Å². The third-order valence-corrected chi connectivity index (χ3v) is 2.41. The van der Waals surface area contributed by atoms with E-state index in [1.54, 1.807) is 14.2 Å². The van der Waals surface area contributed by atoms with Crippen molar-refractivity contribution in [1.82, 2.24) is 0 Å². The molecule has 0 aromatic heterocycles. The van der Waals surface area contributed by atoms with Crippen molar-refractivity contribution < 1.29 is 9.47 Å². The predicted octanol–water partition coefficient (Wildman–Crippen LogP) is 2.39. The Bertz CT molecular complexity index is 405. The molecule has 0 fully saturated rings. The smallest absolute Gasteiger partial charge is 0.165 e. The van der Waals surface area contributed by atoms with Crippen molar-refractivity contribution in [2.45, 2.75) is 20.3 Å². The standard InChI is InChI=1S/C12H15NO2/c1-8-7-9(2)11(14-3)12(15-4)10(8)5-6-13/h7H,5H2,1-4H3. The van der Waals surface area contributed by atoms with Crippen molar-refractivity contribution in [2.75, 3.05) is 14.2 Å². The molecule has 1 aromatic rings. The van der Waals surface area contributed by atoms with Gasteiger partial charge in [0, 0.05) is 5.56 Å². The highest BCUT2D eigenvalue weighted by Gasteiger charge is 2.15. The summed E-state index contributed by atoms with van der Waals surface area (Å²) in [7, 11) is 3.20. The lowest BCUT2D eigenvalue weighted by atomic mass is 10.0. The summed E-state index contributed by atoms with van der Waals surface area (Å²) in [6.45, 7) is 3.94. The minimum absolute atomic E-state index is 0.339. The number of hydrogen-bond donors (Lipinski definition) is 0. The van der Waals surface area contributed by atoms with E-state index in [0.717, 1.165) is 16.7 Å². The van der Waals surface area contributed by atoms with Crippen LogP contribution in [-0.2, 0) is 6.42 Å². The number of aryl methyl sites for hydroxylation is 2. The van der Waals surface area contributed by atoms with Crippen LogP contribution in [0, 0.1) is 25.2 Å². The Morgan fingerprint density at radius 3 is 2.20 bits per heavy atom. The van der Waals surface area contributed by atoms with E-state index in [9.17, 15) is 0 Å². The Morgan fingerprint density at radius 2 is 1.73 bits per heavy atom. The molecule has 0 unspecified atom stereocenters. The lowest BCUT2D eigenvalue weighted by Crippen LogP contribution is -2.00. The molecule has 1 aromatic carbocycles. The first kappa shape index (κ1) is 11.4. The third kappa shape index (κ3) is 2.04. The molecule has 80 valence electrons. The number of rotatable bonds is 3. The minimum atomic E-state index is 0.339. The quantitative estimate of drug-likeness (QED) is 0.760. The molecule has 0 saturated carbocycles. The number of hydrogen-bond acceptors (Lipinski definition) is 3. The van der Waals surface area contributed by atoms with Crippen LogP contribution < -0.4 is 9.47 Å². The van der Waals surface area contributed by atoms with Gasteiger partial charge in [0.1, 0.15) is 0 Å². The number of ether oxygens (including phenoxy) is 2. The van der Waals surface area contributed by atoms with Crippen LogP contribution in [0.4, 0.5) is 0 Å². The normalized spacial score (nSPS) is 9.53. The van der Waals surface area contributed by atoms with Crippen molar-refractivity contribution in [3.8, 4) is 17.6 Å². The first-order valence-electron chi connectivity index (χ1n) is 4.73. The fourth-order valence-corrected chi connectivity index (χ4v) is 1.74. The summed E-state index contributed by atoms with van der Waals surface area (Å²) in [6, 6.07) is 4.14. The monoisotopic (exact) mass is 205 g/mol. The van der Waals surface area contributed by atoms with Crippen LogP contribution in [0.1, 0.15) is 16.7 Å². The highest BCUT2D eigenvalue weighted by Crippen LogP contribution is 2.36. The van der Waals surface area contributed by atoms with Crippen LogP contribution in [0.5, 0.6) is 11.5 Å². The summed E-state index contributed by atoms with van der Waals surface area (Å²) in [5.41, 5.74) is 2.99. The van der Waals surface area contributed by atoms with Crippen molar-refractivity contribution in [3.63, 3.8) is 0 Å². The zero-order valence-corrected chi connectivity index (χ0v) is 9.55. The van der Waals surface area contributed by atoms with Crippen LogP contribution in [-0.4, -0.2) is 14.2 Å². The van der Waals surface area contributed by atoms with E-state index in [1.807, 2.05) is 19.9 Å². The van der Waals surface area contributed by atoms with Crippen molar-refractivity contribution in [3.05, 3.63) is 22.8 Å². The SMILES string of the molecule is COc1c(C)cc(C)c(CC#N)c1OC. The molecule has 0 aliphatic rings. The largest absolute Gasteiger partial charge is 0.493 e. The highest BCUT2D eigenvalue weighted by atomic mass is 16.5. The molecule has 0 atom stereocenters. The zero-order valence-electron chi connectivity index (χ0n) is 9.55. The minimum Gasteiger partial charge on any atom is -0.493 e. The first-order valence-corrected chi connectivity index (χ1v) is 4.73. The van der Waals surface area contributed by atoms with E-state index in [2.05, 4.69) is 6.07 Å². The second-order valence-corrected chi connectivity index (χ2v) is 3.39. The second-order valence-electron chi connectivity index (χ2n) is 3.39. The van der Waals surface area contributed by atoms with Gasteiger partial charge >= 0.3 is 0 Å². The second kappa shape index (κ2) is 4.70. The Morgan fingerprint density at radius 1 is 1.13 bits per heavy atom. The third-order valence-electron chi connectivity index (χ3n) is 2.41. The van der Waals surface area contributed by atoms with Crippen LogP contribution in [0.3, 0.4) is 0 Å². The van der Waals surface area contributed by atoms with Crippen molar-refractivity contribution in [1.29, 1.82) is 5.26 Å². The van der Waals surface area contributed by atoms with Gasteiger partial charge in [-0.3, -0.25) is 0 Å². The molecule has 0 heterocycles. The van der Waals surface area contributed by atoms with Gasteiger partial charge < -0.3 is 9.47 Å². The van der Waals surface area contributed by atoms with Crippen molar-refractivity contribution in [2.24, 2.45) is 0 Å². The number of benzene rings is 1. The molecular weight excluding hydrogens is 190 g/mol. The van der Waals surface area contributed by atoms with Gasteiger partial charge in [-0.05, 0) is 25.0 Å². The molecule has 15 heavy (non-hydrogen) atoms. The molecule has 0 N–H and O–H groups in total. The maximum Gasteiger partial charge on any atom is 0.165 e. The van der Waals surface area contributed by atoms with Gasteiger partial charge in [0.25, 0.3) is 0 Å². The summed E-state index contributed by atoms with van der Waals surface area (Å²) in [5, 5.41) is 8.75. The molecule has 3 heteroatoms. The molecule has 0 radical (unpaired) electrons. The summed E-state index contributed by atoms with van der Waals surface area (Å²) >= 11 is 0. The molecule has 0 aliphatic carbocycles. The Hall–Kier alpha value is -1.69. The molecule has 3 nitrogen and oxygen atoms in total. The molecule has 0 bridgehead atoms. The molecule has 0 spiro atoms. The van der Waals surface area contributed by atoms with E-state index in [-0.39, 0.29) is 0 Å². The van der Waals surface area contributed by atoms with E-state index in [0.29, 0.717) is 17.9 Å². The topological polar surface area (TPSA) is 42.2 Å².